The van der Waals surface area contributed by atoms with Crippen LogP contribution in [0.15, 0.2) is 29.2 Å². The second kappa shape index (κ2) is 5.34. The average molecular weight is 231 g/mol. The molecule has 13 heavy (non-hydrogen) atoms. The molecule has 0 aliphatic carbocycles. The predicted molar refractivity (Wildman–Crippen MR) is 46.9 cm³/mol. The predicted octanol–water partition coefficient (Wildman–Crippen LogP) is -1.21. The van der Waals surface area contributed by atoms with Gasteiger partial charge >= 0.3 is 29.6 Å². The molecule has 0 radical (unpaired) electrons. The molecule has 1 N–H and O–H groups in total. The summed E-state index contributed by atoms with van der Waals surface area (Å²) in [6, 6.07) is 5.73. The Hall–Kier alpha value is 0.420. The summed E-state index contributed by atoms with van der Waals surface area (Å²) in [4.78, 5) is -0.114. The van der Waals surface area contributed by atoms with E-state index in [9.17, 15) is 8.42 Å². The molecular formula is C7H8ClNaO3S. The van der Waals surface area contributed by atoms with Crippen molar-refractivity contribution in [2.75, 3.05) is 0 Å². The molecule has 0 spiro atoms. The van der Waals surface area contributed by atoms with Gasteiger partial charge in [-0.1, -0.05) is 12.1 Å². The van der Waals surface area contributed by atoms with E-state index in [1.54, 1.807) is 12.1 Å². The average Bonchev–Trinajstić information content (AvgIpc) is 2.03. The fraction of sp³-hybridized carbons (Fsp3) is 0.143. The molecule has 0 heterocycles. The molecule has 1 rings (SSSR count). The monoisotopic (exact) mass is 230 g/mol. The number of benzene rings is 1. The summed E-state index contributed by atoms with van der Waals surface area (Å²) in [6.07, 6.45) is 0. The molecule has 0 aromatic heterocycles. The van der Waals surface area contributed by atoms with Crippen LogP contribution in [0.5, 0.6) is 0 Å². The molecule has 1 aromatic carbocycles. The first kappa shape index (κ1) is 13.4. The number of rotatable bonds is 2. The van der Waals surface area contributed by atoms with E-state index in [1.165, 1.54) is 12.1 Å². The van der Waals surface area contributed by atoms with E-state index in [-0.39, 0.29) is 35.9 Å². The first-order chi connectivity index (χ1) is 5.54. The van der Waals surface area contributed by atoms with Crippen molar-refractivity contribution >= 4 is 21.7 Å². The van der Waals surface area contributed by atoms with Crippen molar-refractivity contribution in [1.82, 2.24) is 0 Å². The molecule has 0 aliphatic rings. The van der Waals surface area contributed by atoms with Crippen LogP contribution in [0.25, 0.3) is 0 Å². The maximum Gasteiger partial charge on any atom is 1.00 e. The van der Waals surface area contributed by atoms with Crippen molar-refractivity contribution in [1.29, 1.82) is 0 Å². The first-order valence-corrected chi connectivity index (χ1v) is 5.14. The summed E-state index contributed by atoms with van der Waals surface area (Å²) in [7, 11) is -4.07. The van der Waals surface area contributed by atoms with Crippen LogP contribution in [-0.2, 0) is 16.0 Å². The van der Waals surface area contributed by atoms with Crippen molar-refractivity contribution < 1.29 is 44.0 Å². The zero-order chi connectivity index (χ0) is 9.19. The van der Waals surface area contributed by atoms with Gasteiger partial charge in [-0.05, 0) is 17.7 Å². The Kier molecular flexibility index (Phi) is 5.51. The molecule has 1 aromatic rings. The molecule has 0 saturated carbocycles. The van der Waals surface area contributed by atoms with Gasteiger partial charge in [0.2, 0.25) is 0 Å². The van der Waals surface area contributed by atoms with Gasteiger partial charge in [0.05, 0.1) is 4.90 Å². The molecule has 0 saturated heterocycles. The molecule has 6 heteroatoms. The second-order valence-electron chi connectivity index (χ2n) is 2.25. The fourth-order valence-corrected chi connectivity index (χ4v) is 1.41. The minimum atomic E-state index is -4.07. The van der Waals surface area contributed by atoms with Crippen molar-refractivity contribution in [2.24, 2.45) is 0 Å². The summed E-state index contributed by atoms with van der Waals surface area (Å²) in [5.74, 6) is 0.325. The largest absolute Gasteiger partial charge is 1.00 e. The topological polar surface area (TPSA) is 54.4 Å². The molecule has 0 fully saturated rings. The van der Waals surface area contributed by atoms with Gasteiger partial charge in [-0.15, -0.1) is 11.6 Å². The van der Waals surface area contributed by atoms with Crippen LogP contribution in [0.1, 0.15) is 6.99 Å². The Bertz CT molecular complexity index is 365. The minimum absolute atomic E-state index is 0. The van der Waals surface area contributed by atoms with E-state index in [2.05, 4.69) is 0 Å². The summed E-state index contributed by atoms with van der Waals surface area (Å²) in [6.45, 7) is 0. The summed E-state index contributed by atoms with van der Waals surface area (Å²) in [5, 5.41) is 0. The van der Waals surface area contributed by atoms with Crippen LogP contribution in [-0.4, -0.2) is 13.0 Å². The molecule has 0 bridgehead atoms. The molecule has 0 atom stereocenters. The van der Waals surface area contributed by atoms with Crippen LogP contribution in [0.3, 0.4) is 0 Å². The van der Waals surface area contributed by atoms with E-state index >= 15 is 0 Å². The molecule has 68 valence electrons. The van der Waals surface area contributed by atoms with Gasteiger partial charge in [0.15, 0.2) is 0 Å². The van der Waals surface area contributed by atoms with Crippen molar-refractivity contribution in [3.8, 4) is 0 Å². The quantitative estimate of drug-likeness (QED) is 0.394. The standard InChI is InChI=1S/C7H7ClO3S.Na.H/c8-5-6-1-3-7(4-2-6)12(9,10)11;;/h1-4H,5H2,(H,9,10,11);;/q;+1;-1. The van der Waals surface area contributed by atoms with Gasteiger partial charge in [0, 0.05) is 5.88 Å². The third-order valence-electron chi connectivity index (χ3n) is 1.38. The van der Waals surface area contributed by atoms with Gasteiger partial charge in [-0.25, -0.2) is 0 Å². The minimum Gasteiger partial charge on any atom is -1.00 e. The Morgan fingerprint density at radius 2 is 1.77 bits per heavy atom. The van der Waals surface area contributed by atoms with Gasteiger partial charge in [-0.2, -0.15) is 8.42 Å². The molecule has 0 amide bonds. The number of hydrogen-bond donors (Lipinski definition) is 1. The first-order valence-electron chi connectivity index (χ1n) is 3.16. The molecule has 0 unspecified atom stereocenters. The number of hydrogen-bond acceptors (Lipinski definition) is 2. The van der Waals surface area contributed by atoms with Gasteiger partial charge in [0.25, 0.3) is 10.1 Å². The maximum absolute atomic E-state index is 10.6. The van der Waals surface area contributed by atoms with Crippen LogP contribution in [0, 0.1) is 0 Å². The molecule has 3 nitrogen and oxygen atoms in total. The van der Waals surface area contributed by atoms with E-state index < -0.39 is 10.1 Å². The van der Waals surface area contributed by atoms with Crippen molar-refractivity contribution in [2.45, 2.75) is 10.8 Å². The van der Waals surface area contributed by atoms with Crippen LogP contribution in [0.2, 0.25) is 0 Å². The second-order valence-corrected chi connectivity index (χ2v) is 3.94. The normalized spacial score (nSPS) is 10.6. The Morgan fingerprint density at radius 1 is 1.31 bits per heavy atom. The van der Waals surface area contributed by atoms with Gasteiger partial charge < -0.3 is 1.43 Å². The van der Waals surface area contributed by atoms with Crippen molar-refractivity contribution in [3.05, 3.63) is 29.8 Å². The third-order valence-corrected chi connectivity index (χ3v) is 2.55. The summed E-state index contributed by atoms with van der Waals surface area (Å²) >= 11 is 5.48. The SMILES string of the molecule is O=S(=O)(O)c1ccc(CCl)cc1.[H-].[Na+]. The van der Waals surface area contributed by atoms with E-state index in [1.807, 2.05) is 0 Å². The van der Waals surface area contributed by atoms with Crippen LogP contribution < -0.4 is 29.6 Å². The van der Waals surface area contributed by atoms with Gasteiger partial charge in [0.1, 0.15) is 0 Å². The number of alkyl halides is 1. The maximum atomic E-state index is 10.6. The summed E-state index contributed by atoms with van der Waals surface area (Å²) in [5.41, 5.74) is 0.809. The number of halogens is 1. The van der Waals surface area contributed by atoms with Gasteiger partial charge in [-0.3, -0.25) is 4.55 Å². The van der Waals surface area contributed by atoms with Crippen molar-refractivity contribution in [3.63, 3.8) is 0 Å². The third kappa shape index (κ3) is 3.97. The molecular weight excluding hydrogens is 223 g/mol. The van der Waals surface area contributed by atoms with E-state index in [4.69, 9.17) is 16.2 Å². The Labute approximate surface area is 106 Å². The zero-order valence-corrected chi connectivity index (χ0v) is 10.6. The Morgan fingerprint density at radius 3 is 2.08 bits per heavy atom. The van der Waals surface area contributed by atoms with Crippen LogP contribution in [0.4, 0.5) is 0 Å². The zero-order valence-electron chi connectivity index (χ0n) is 8.07. The Balaban J connectivity index is 0. The fourth-order valence-electron chi connectivity index (χ4n) is 0.751. The summed E-state index contributed by atoms with van der Waals surface area (Å²) < 4.78 is 29.7. The van der Waals surface area contributed by atoms with E-state index in [0.29, 0.717) is 5.88 Å². The van der Waals surface area contributed by atoms with Crippen LogP contribution >= 0.6 is 11.6 Å². The smallest absolute Gasteiger partial charge is 1.00 e. The van der Waals surface area contributed by atoms with E-state index in [0.717, 1.165) is 5.56 Å². The molecule has 0 aliphatic heterocycles.